The first kappa shape index (κ1) is 14.9. The van der Waals surface area contributed by atoms with Gasteiger partial charge in [0.25, 0.3) is 5.91 Å². The highest BCUT2D eigenvalue weighted by atomic mass is 16.7. The Kier molecular flexibility index (Phi) is 4.50. The first-order valence-corrected chi connectivity index (χ1v) is 6.57. The van der Waals surface area contributed by atoms with Crippen molar-refractivity contribution >= 4 is 11.7 Å². The minimum absolute atomic E-state index is 0.177. The maximum absolute atomic E-state index is 12.6. The van der Waals surface area contributed by atoms with Crippen molar-refractivity contribution in [3.63, 3.8) is 0 Å². The van der Waals surface area contributed by atoms with Crippen LogP contribution in [-0.4, -0.2) is 30.9 Å². The fourth-order valence-corrected chi connectivity index (χ4v) is 1.98. The zero-order chi connectivity index (χ0) is 15.4. The second-order valence-corrected chi connectivity index (χ2v) is 4.73. The summed E-state index contributed by atoms with van der Waals surface area (Å²) in [6, 6.07) is 14.0. The molecule has 0 N–H and O–H groups in total. The molecule has 21 heavy (non-hydrogen) atoms. The van der Waals surface area contributed by atoms with Gasteiger partial charge in [0, 0.05) is 18.2 Å². The molecule has 0 saturated heterocycles. The van der Waals surface area contributed by atoms with Crippen molar-refractivity contribution in [2.24, 2.45) is 0 Å². The second-order valence-electron chi connectivity index (χ2n) is 4.73. The molecule has 1 amide bonds. The third kappa shape index (κ3) is 3.17. The smallest absolute Gasteiger partial charge is 0.277 e. The van der Waals surface area contributed by atoms with E-state index in [-0.39, 0.29) is 11.7 Å². The molecule has 0 atom stereocenters. The van der Waals surface area contributed by atoms with Crippen LogP contribution < -0.4 is 0 Å². The average molecular weight is 283 g/mol. The van der Waals surface area contributed by atoms with Crippen LogP contribution in [0.2, 0.25) is 0 Å². The SMILES string of the molecule is CON(C)C(=O)c1ccccc1C(=O)c1ccc(C)cc1. The lowest BCUT2D eigenvalue weighted by molar-refractivity contribution is -0.0757. The molecule has 0 radical (unpaired) electrons. The molecule has 2 aromatic carbocycles. The van der Waals surface area contributed by atoms with E-state index in [0.29, 0.717) is 16.7 Å². The van der Waals surface area contributed by atoms with Crippen LogP contribution in [0.4, 0.5) is 0 Å². The topological polar surface area (TPSA) is 46.6 Å². The minimum atomic E-state index is -0.353. The van der Waals surface area contributed by atoms with Crippen molar-refractivity contribution in [2.75, 3.05) is 14.2 Å². The number of hydrogen-bond donors (Lipinski definition) is 0. The van der Waals surface area contributed by atoms with E-state index in [9.17, 15) is 9.59 Å². The molecule has 0 aliphatic carbocycles. The summed E-state index contributed by atoms with van der Waals surface area (Å²) in [5.74, 6) is -0.531. The van der Waals surface area contributed by atoms with Gasteiger partial charge in [0.05, 0.1) is 12.7 Å². The lowest BCUT2D eigenvalue weighted by atomic mass is 9.97. The maximum atomic E-state index is 12.6. The summed E-state index contributed by atoms with van der Waals surface area (Å²) in [5, 5.41) is 1.10. The number of carbonyl (C=O) groups excluding carboxylic acids is 2. The number of carbonyl (C=O) groups is 2. The molecule has 4 heteroatoms. The predicted molar refractivity (Wildman–Crippen MR) is 80.2 cm³/mol. The van der Waals surface area contributed by atoms with E-state index in [1.807, 2.05) is 19.1 Å². The fraction of sp³-hybridized carbons (Fsp3) is 0.176. The Bertz CT molecular complexity index is 662. The van der Waals surface area contributed by atoms with Gasteiger partial charge in [0.2, 0.25) is 0 Å². The third-order valence-corrected chi connectivity index (χ3v) is 3.28. The average Bonchev–Trinajstić information content (AvgIpc) is 2.53. The molecule has 0 saturated carbocycles. The summed E-state index contributed by atoms with van der Waals surface area (Å²) in [5.41, 5.74) is 2.33. The van der Waals surface area contributed by atoms with E-state index in [1.54, 1.807) is 36.4 Å². The molecule has 0 fully saturated rings. The van der Waals surface area contributed by atoms with Crippen LogP contribution in [-0.2, 0) is 4.84 Å². The first-order chi connectivity index (χ1) is 10.0. The quantitative estimate of drug-likeness (QED) is 0.640. The first-order valence-electron chi connectivity index (χ1n) is 6.57. The van der Waals surface area contributed by atoms with Crippen LogP contribution in [0.25, 0.3) is 0 Å². The molecular formula is C17H17NO3. The molecule has 0 bridgehead atoms. The van der Waals surface area contributed by atoms with Gasteiger partial charge in [-0.25, -0.2) is 5.06 Å². The highest BCUT2D eigenvalue weighted by Crippen LogP contribution is 2.17. The highest BCUT2D eigenvalue weighted by molar-refractivity contribution is 6.15. The van der Waals surface area contributed by atoms with Crippen molar-refractivity contribution in [1.29, 1.82) is 0 Å². The van der Waals surface area contributed by atoms with Crippen LogP contribution in [0, 0.1) is 6.92 Å². The number of amides is 1. The number of rotatable bonds is 4. The molecule has 0 aliphatic heterocycles. The van der Waals surface area contributed by atoms with Gasteiger partial charge in [-0.15, -0.1) is 0 Å². The standard InChI is InChI=1S/C17H17NO3/c1-12-8-10-13(11-9-12)16(19)14-6-4-5-7-15(14)17(20)18(2)21-3/h4-11H,1-3H3. The maximum Gasteiger partial charge on any atom is 0.277 e. The Labute approximate surface area is 123 Å². The van der Waals surface area contributed by atoms with Gasteiger partial charge in [0.15, 0.2) is 5.78 Å². The van der Waals surface area contributed by atoms with Crippen molar-refractivity contribution in [2.45, 2.75) is 6.92 Å². The van der Waals surface area contributed by atoms with Crippen LogP contribution in [0.3, 0.4) is 0 Å². The number of nitrogens with zero attached hydrogens (tertiary/aromatic N) is 1. The van der Waals surface area contributed by atoms with Crippen molar-refractivity contribution in [1.82, 2.24) is 5.06 Å². The van der Waals surface area contributed by atoms with Crippen molar-refractivity contribution < 1.29 is 14.4 Å². The molecule has 0 aromatic heterocycles. The van der Waals surface area contributed by atoms with Gasteiger partial charge < -0.3 is 0 Å². The van der Waals surface area contributed by atoms with E-state index in [4.69, 9.17) is 4.84 Å². The molecule has 108 valence electrons. The summed E-state index contributed by atoms with van der Waals surface area (Å²) in [7, 11) is 2.91. The predicted octanol–water partition coefficient (Wildman–Crippen LogP) is 2.86. The zero-order valence-corrected chi connectivity index (χ0v) is 12.3. The summed E-state index contributed by atoms with van der Waals surface area (Å²) in [4.78, 5) is 29.7. The van der Waals surface area contributed by atoms with Gasteiger partial charge in [-0.2, -0.15) is 0 Å². The monoisotopic (exact) mass is 283 g/mol. The summed E-state index contributed by atoms with van der Waals surface area (Å²) < 4.78 is 0. The number of benzene rings is 2. The van der Waals surface area contributed by atoms with Gasteiger partial charge in [0.1, 0.15) is 0 Å². The van der Waals surface area contributed by atoms with Crippen LogP contribution >= 0.6 is 0 Å². The molecule has 2 aromatic rings. The van der Waals surface area contributed by atoms with Gasteiger partial charge in [-0.05, 0) is 13.0 Å². The molecule has 4 nitrogen and oxygen atoms in total. The zero-order valence-electron chi connectivity index (χ0n) is 12.3. The number of ketones is 1. The normalized spacial score (nSPS) is 10.2. The molecule has 0 spiro atoms. The molecule has 0 unspecified atom stereocenters. The second kappa shape index (κ2) is 6.33. The van der Waals surface area contributed by atoms with E-state index in [0.717, 1.165) is 10.6 Å². The Morgan fingerprint density at radius 3 is 2.10 bits per heavy atom. The Morgan fingerprint density at radius 1 is 0.952 bits per heavy atom. The number of hydrogen-bond acceptors (Lipinski definition) is 3. The fourth-order valence-electron chi connectivity index (χ4n) is 1.98. The Balaban J connectivity index is 2.42. The van der Waals surface area contributed by atoms with Crippen molar-refractivity contribution in [3.05, 3.63) is 70.8 Å². The lowest BCUT2D eigenvalue weighted by Gasteiger charge is -2.15. The Hall–Kier alpha value is -2.46. The Morgan fingerprint density at radius 2 is 1.52 bits per heavy atom. The van der Waals surface area contributed by atoms with Crippen LogP contribution in [0.15, 0.2) is 48.5 Å². The van der Waals surface area contributed by atoms with Crippen LogP contribution in [0.5, 0.6) is 0 Å². The van der Waals surface area contributed by atoms with E-state index < -0.39 is 0 Å². The molecule has 0 aliphatic rings. The van der Waals surface area contributed by atoms with Gasteiger partial charge >= 0.3 is 0 Å². The largest absolute Gasteiger partial charge is 0.289 e. The van der Waals surface area contributed by atoms with E-state index in [2.05, 4.69) is 0 Å². The third-order valence-electron chi connectivity index (χ3n) is 3.28. The number of aryl methyl sites for hydroxylation is 1. The van der Waals surface area contributed by atoms with Crippen molar-refractivity contribution in [3.8, 4) is 0 Å². The van der Waals surface area contributed by atoms with E-state index >= 15 is 0 Å². The summed E-state index contributed by atoms with van der Waals surface area (Å²) in [6.45, 7) is 1.96. The van der Waals surface area contributed by atoms with Gasteiger partial charge in [-0.3, -0.25) is 14.4 Å². The summed E-state index contributed by atoms with van der Waals surface area (Å²) >= 11 is 0. The van der Waals surface area contributed by atoms with Gasteiger partial charge in [-0.1, -0.05) is 48.0 Å². The van der Waals surface area contributed by atoms with E-state index in [1.165, 1.54) is 14.2 Å². The summed E-state index contributed by atoms with van der Waals surface area (Å²) in [6.07, 6.45) is 0. The lowest BCUT2D eigenvalue weighted by Crippen LogP contribution is -2.27. The molecule has 2 rings (SSSR count). The van der Waals surface area contributed by atoms with Crippen LogP contribution in [0.1, 0.15) is 31.8 Å². The number of hydroxylamine groups is 2. The highest BCUT2D eigenvalue weighted by Gasteiger charge is 2.20. The minimum Gasteiger partial charge on any atom is -0.289 e. The molecule has 0 heterocycles. The molecular weight excluding hydrogens is 266 g/mol.